The fraction of sp³-hybridized carbons (Fsp3) is 0.588. The zero-order valence-electron chi connectivity index (χ0n) is 13.6. The molecule has 6 heteroatoms. The average Bonchev–Trinajstić information content (AvgIpc) is 2.91. The Labute approximate surface area is 147 Å². The van der Waals surface area contributed by atoms with Crippen LogP contribution in [0.2, 0.25) is 5.02 Å². The summed E-state index contributed by atoms with van der Waals surface area (Å²) in [5.41, 5.74) is 1.17. The molecule has 2 fully saturated rings. The van der Waals surface area contributed by atoms with Crippen molar-refractivity contribution >= 4 is 29.3 Å². The summed E-state index contributed by atoms with van der Waals surface area (Å²) in [6.07, 6.45) is 1.04. The van der Waals surface area contributed by atoms with Crippen LogP contribution >= 0.6 is 23.4 Å². The first-order valence-corrected chi connectivity index (χ1v) is 9.63. The van der Waals surface area contributed by atoms with E-state index < -0.39 is 0 Å². The van der Waals surface area contributed by atoms with Crippen LogP contribution in [0.3, 0.4) is 0 Å². The van der Waals surface area contributed by atoms with Gasteiger partial charge in [-0.05, 0) is 37.7 Å². The molecule has 0 radical (unpaired) electrons. The molecule has 1 aromatic carbocycles. The summed E-state index contributed by atoms with van der Waals surface area (Å²) >= 11 is 7.68. The quantitative estimate of drug-likeness (QED) is 0.812. The van der Waals surface area contributed by atoms with E-state index in [0.29, 0.717) is 5.75 Å². The first-order chi connectivity index (χ1) is 11.1. The summed E-state index contributed by atoms with van der Waals surface area (Å²) in [5.74, 6) is 0.843. The maximum atomic E-state index is 12.2. The van der Waals surface area contributed by atoms with Crippen molar-refractivity contribution in [3.63, 3.8) is 0 Å². The van der Waals surface area contributed by atoms with Crippen molar-refractivity contribution in [1.82, 2.24) is 14.7 Å². The Morgan fingerprint density at radius 3 is 2.52 bits per heavy atom. The van der Waals surface area contributed by atoms with Gasteiger partial charge in [-0.15, -0.1) is 11.8 Å². The van der Waals surface area contributed by atoms with Crippen molar-refractivity contribution in [1.29, 1.82) is 0 Å². The molecule has 126 valence electrons. The van der Waals surface area contributed by atoms with Crippen LogP contribution in [0.4, 0.5) is 0 Å². The second-order valence-corrected chi connectivity index (χ2v) is 7.81. The second kappa shape index (κ2) is 7.88. The molecule has 4 nitrogen and oxygen atoms in total. The fourth-order valence-corrected chi connectivity index (χ4v) is 4.48. The van der Waals surface area contributed by atoms with E-state index in [1.54, 1.807) is 11.8 Å². The van der Waals surface area contributed by atoms with E-state index in [0.717, 1.165) is 50.7 Å². The molecule has 0 aliphatic carbocycles. The maximum absolute atomic E-state index is 12.2. The average molecular weight is 354 g/mol. The zero-order valence-corrected chi connectivity index (χ0v) is 15.2. The van der Waals surface area contributed by atoms with Gasteiger partial charge in [0.15, 0.2) is 0 Å². The number of carbonyl (C=O) groups is 1. The number of hydrogen-bond donors (Lipinski definition) is 0. The number of halogens is 1. The summed E-state index contributed by atoms with van der Waals surface area (Å²) in [5, 5.41) is 0.886. The van der Waals surface area contributed by atoms with Gasteiger partial charge in [0, 0.05) is 37.7 Å². The molecule has 1 amide bonds. The normalized spacial score (nSPS) is 23.7. The van der Waals surface area contributed by atoms with Crippen LogP contribution in [0.25, 0.3) is 0 Å². The van der Waals surface area contributed by atoms with Gasteiger partial charge in [-0.25, -0.2) is 0 Å². The van der Waals surface area contributed by atoms with Crippen LogP contribution in [0.15, 0.2) is 24.3 Å². The molecule has 0 bridgehead atoms. The predicted molar refractivity (Wildman–Crippen MR) is 96.9 cm³/mol. The number of amides is 1. The van der Waals surface area contributed by atoms with Gasteiger partial charge >= 0.3 is 0 Å². The van der Waals surface area contributed by atoms with Crippen LogP contribution in [-0.4, -0.2) is 72.7 Å². The Kier molecular flexibility index (Phi) is 5.85. The zero-order chi connectivity index (χ0) is 16.2. The third kappa shape index (κ3) is 4.41. The number of benzene rings is 1. The molecule has 23 heavy (non-hydrogen) atoms. The molecule has 2 heterocycles. The highest BCUT2D eigenvalue weighted by Gasteiger charge is 2.32. The van der Waals surface area contributed by atoms with Gasteiger partial charge in [0.1, 0.15) is 5.37 Å². The standard InChI is InChI=1S/C17H24ClN3OS/c1-19-9-11-20(12-10-19)7-2-8-21-16(22)13-23-17(21)14-3-5-15(18)6-4-14/h3-6,17H,2,7-13H2,1H3/t17-/m1/s1. The number of rotatable bonds is 5. The Balaban J connectivity index is 1.52. The predicted octanol–water partition coefficient (Wildman–Crippen LogP) is 2.55. The van der Waals surface area contributed by atoms with Gasteiger partial charge in [-0.2, -0.15) is 0 Å². The molecule has 0 aromatic heterocycles. The Hall–Kier alpha value is -0.750. The molecule has 3 rings (SSSR count). The Bertz CT molecular complexity index is 531. The smallest absolute Gasteiger partial charge is 0.233 e. The van der Waals surface area contributed by atoms with E-state index in [2.05, 4.69) is 16.8 Å². The molecular weight excluding hydrogens is 330 g/mol. The van der Waals surface area contributed by atoms with E-state index in [1.807, 2.05) is 29.2 Å². The first-order valence-electron chi connectivity index (χ1n) is 8.21. The highest BCUT2D eigenvalue weighted by Crippen LogP contribution is 2.38. The molecule has 0 unspecified atom stereocenters. The van der Waals surface area contributed by atoms with Crippen molar-refractivity contribution in [2.75, 3.05) is 52.1 Å². The van der Waals surface area contributed by atoms with Crippen LogP contribution in [0.1, 0.15) is 17.4 Å². The maximum Gasteiger partial charge on any atom is 0.233 e. The van der Waals surface area contributed by atoms with E-state index in [9.17, 15) is 4.79 Å². The molecule has 1 atom stereocenters. The molecule has 2 saturated heterocycles. The molecule has 0 spiro atoms. The number of hydrogen-bond acceptors (Lipinski definition) is 4. The van der Waals surface area contributed by atoms with E-state index >= 15 is 0 Å². The summed E-state index contributed by atoms with van der Waals surface area (Å²) in [6, 6.07) is 7.88. The van der Waals surface area contributed by atoms with Crippen LogP contribution in [-0.2, 0) is 4.79 Å². The first kappa shape index (κ1) is 17.1. The van der Waals surface area contributed by atoms with E-state index in [1.165, 1.54) is 5.56 Å². The summed E-state index contributed by atoms with van der Waals surface area (Å²) in [6.45, 7) is 6.48. The molecule has 2 aliphatic rings. The number of piperazine rings is 1. The minimum absolute atomic E-state index is 0.146. The molecule has 0 saturated carbocycles. The van der Waals surface area contributed by atoms with Gasteiger partial charge in [0.05, 0.1) is 5.75 Å². The van der Waals surface area contributed by atoms with Crippen molar-refractivity contribution in [2.45, 2.75) is 11.8 Å². The Morgan fingerprint density at radius 2 is 1.83 bits per heavy atom. The van der Waals surface area contributed by atoms with Crippen LogP contribution < -0.4 is 0 Å². The highest BCUT2D eigenvalue weighted by molar-refractivity contribution is 8.00. The van der Waals surface area contributed by atoms with Crippen molar-refractivity contribution in [3.8, 4) is 0 Å². The lowest BCUT2D eigenvalue weighted by Crippen LogP contribution is -2.45. The summed E-state index contributed by atoms with van der Waals surface area (Å²) in [7, 11) is 2.17. The van der Waals surface area contributed by atoms with Gasteiger partial charge in [0.2, 0.25) is 5.91 Å². The topological polar surface area (TPSA) is 26.8 Å². The summed E-state index contributed by atoms with van der Waals surface area (Å²) < 4.78 is 0. The van der Waals surface area contributed by atoms with E-state index in [-0.39, 0.29) is 11.3 Å². The lowest BCUT2D eigenvalue weighted by atomic mass is 10.2. The van der Waals surface area contributed by atoms with Crippen molar-refractivity contribution in [3.05, 3.63) is 34.9 Å². The lowest BCUT2D eigenvalue weighted by Gasteiger charge is -2.33. The van der Waals surface area contributed by atoms with E-state index in [4.69, 9.17) is 11.6 Å². The minimum atomic E-state index is 0.146. The highest BCUT2D eigenvalue weighted by atomic mass is 35.5. The summed E-state index contributed by atoms with van der Waals surface area (Å²) in [4.78, 5) is 19.1. The number of likely N-dealkylation sites (N-methyl/N-ethyl adjacent to an activating group) is 1. The third-order valence-electron chi connectivity index (χ3n) is 4.59. The Morgan fingerprint density at radius 1 is 1.13 bits per heavy atom. The van der Waals surface area contributed by atoms with Gasteiger partial charge < -0.3 is 14.7 Å². The largest absolute Gasteiger partial charge is 0.326 e. The van der Waals surface area contributed by atoms with Crippen LogP contribution in [0, 0.1) is 0 Å². The lowest BCUT2D eigenvalue weighted by molar-refractivity contribution is -0.128. The third-order valence-corrected chi connectivity index (χ3v) is 6.10. The molecular formula is C17H24ClN3OS. The second-order valence-electron chi connectivity index (χ2n) is 6.30. The van der Waals surface area contributed by atoms with Crippen molar-refractivity contribution < 1.29 is 4.79 Å². The number of thioether (sulfide) groups is 1. The van der Waals surface area contributed by atoms with Crippen molar-refractivity contribution in [2.24, 2.45) is 0 Å². The SMILES string of the molecule is CN1CCN(CCCN2C(=O)CS[C@@H]2c2ccc(Cl)cc2)CC1. The van der Waals surface area contributed by atoms with Gasteiger partial charge in [-0.3, -0.25) is 4.79 Å². The number of nitrogens with zero attached hydrogens (tertiary/aromatic N) is 3. The molecule has 2 aliphatic heterocycles. The molecule has 0 N–H and O–H groups in total. The fourth-order valence-electron chi connectivity index (χ4n) is 3.14. The monoisotopic (exact) mass is 353 g/mol. The molecule has 1 aromatic rings. The van der Waals surface area contributed by atoms with Gasteiger partial charge in [0.25, 0.3) is 0 Å². The van der Waals surface area contributed by atoms with Crippen LogP contribution in [0.5, 0.6) is 0 Å². The van der Waals surface area contributed by atoms with Gasteiger partial charge in [-0.1, -0.05) is 23.7 Å². The number of carbonyl (C=O) groups excluding carboxylic acids is 1. The minimum Gasteiger partial charge on any atom is -0.326 e.